The minimum atomic E-state index is -0.756. The number of benzene rings is 1. The van der Waals surface area contributed by atoms with E-state index in [0.29, 0.717) is 31.8 Å². The first-order valence-electron chi connectivity index (χ1n) is 10.4. The van der Waals surface area contributed by atoms with E-state index in [-0.39, 0.29) is 41.2 Å². The quantitative estimate of drug-likeness (QED) is 0.326. The van der Waals surface area contributed by atoms with Gasteiger partial charge in [0.2, 0.25) is 5.91 Å². The van der Waals surface area contributed by atoms with Crippen molar-refractivity contribution in [1.29, 1.82) is 10.8 Å². The molecule has 32 heavy (non-hydrogen) atoms. The monoisotopic (exact) mass is 446 g/mol. The first kappa shape index (κ1) is 23.4. The van der Waals surface area contributed by atoms with Gasteiger partial charge in [-0.3, -0.25) is 10.2 Å². The highest BCUT2D eigenvalue weighted by atomic mass is 19.1. The Balaban J connectivity index is 1.87. The van der Waals surface area contributed by atoms with Crippen molar-refractivity contribution >= 4 is 29.2 Å². The fraction of sp³-hybridized carbons (Fsp3) is 0.409. The van der Waals surface area contributed by atoms with Crippen LogP contribution in [0, 0.1) is 22.5 Å². The molecule has 1 amide bonds. The molecule has 8 nitrogen and oxygen atoms in total. The molecule has 1 saturated heterocycles. The lowest BCUT2D eigenvalue weighted by Gasteiger charge is -2.32. The van der Waals surface area contributed by atoms with Crippen LogP contribution in [0.5, 0.6) is 0 Å². The molecule has 0 bridgehead atoms. The summed E-state index contributed by atoms with van der Waals surface area (Å²) in [5, 5.41) is 24.7. The summed E-state index contributed by atoms with van der Waals surface area (Å²) in [6, 6.07) is 2.07. The van der Waals surface area contributed by atoms with E-state index < -0.39 is 11.6 Å². The molecule has 10 heteroatoms. The lowest BCUT2D eigenvalue weighted by Crippen LogP contribution is -2.42. The number of rotatable bonds is 7. The smallest absolute Gasteiger partial charge is 0.219 e. The number of ether oxygens (including phenoxy) is 1. The molecular weight excluding hydrogens is 418 g/mol. The van der Waals surface area contributed by atoms with Crippen LogP contribution in [0.1, 0.15) is 25.3 Å². The Morgan fingerprint density at radius 1 is 1.31 bits per heavy atom. The molecular formula is C22H28F2N6O2. The van der Waals surface area contributed by atoms with Gasteiger partial charge in [0.25, 0.3) is 0 Å². The van der Waals surface area contributed by atoms with E-state index in [1.54, 1.807) is 11.9 Å². The zero-order chi connectivity index (χ0) is 23.3. The van der Waals surface area contributed by atoms with Crippen LogP contribution in [0.4, 0.5) is 14.5 Å². The van der Waals surface area contributed by atoms with E-state index in [1.807, 2.05) is 0 Å². The summed E-state index contributed by atoms with van der Waals surface area (Å²) in [4.78, 5) is 13.5. The molecule has 172 valence electrons. The van der Waals surface area contributed by atoms with Crippen LogP contribution in [0.3, 0.4) is 0 Å². The number of amides is 1. The molecule has 2 heterocycles. The van der Waals surface area contributed by atoms with Crippen molar-refractivity contribution in [3.05, 3.63) is 46.8 Å². The van der Waals surface area contributed by atoms with E-state index in [9.17, 15) is 13.6 Å². The fourth-order valence-electron chi connectivity index (χ4n) is 3.74. The van der Waals surface area contributed by atoms with Crippen molar-refractivity contribution in [1.82, 2.24) is 15.5 Å². The van der Waals surface area contributed by atoms with Crippen molar-refractivity contribution in [2.45, 2.75) is 25.8 Å². The van der Waals surface area contributed by atoms with Gasteiger partial charge in [-0.05, 0) is 12.5 Å². The summed E-state index contributed by atoms with van der Waals surface area (Å²) < 4.78 is 34.8. The Morgan fingerprint density at radius 3 is 2.72 bits per heavy atom. The van der Waals surface area contributed by atoms with Gasteiger partial charge in [-0.15, -0.1) is 0 Å². The van der Waals surface area contributed by atoms with Crippen LogP contribution >= 0.6 is 0 Å². The Hall–Kier alpha value is -3.27. The van der Waals surface area contributed by atoms with E-state index >= 15 is 0 Å². The number of amidine groups is 1. The standard InChI is InChI=1S/C22H28F2N6O2/c1-13(31)30-5-3-20(28-15-4-6-32-12-15)17(11-30)22(26)29-21-8-18(23)16(7-19(21)24)14(9-25)10-27-2/h7-10,15,25,27-28H,3-6,11-12H2,1-2H3,(H2,26,29)/b14-10+,25-9?. The van der Waals surface area contributed by atoms with Crippen molar-refractivity contribution < 1.29 is 18.3 Å². The second-order valence-corrected chi connectivity index (χ2v) is 7.70. The number of carbonyl (C=O) groups is 1. The maximum Gasteiger partial charge on any atom is 0.219 e. The summed E-state index contributed by atoms with van der Waals surface area (Å²) in [5.41, 5.74) is 1.25. The number of hydrogen-bond acceptors (Lipinski definition) is 6. The lowest BCUT2D eigenvalue weighted by molar-refractivity contribution is -0.128. The van der Waals surface area contributed by atoms with Gasteiger partial charge in [-0.2, -0.15) is 0 Å². The van der Waals surface area contributed by atoms with Crippen LogP contribution < -0.4 is 16.0 Å². The van der Waals surface area contributed by atoms with Crippen LogP contribution in [0.2, 0.25) is 0 Å². The molecule has 2 aliphatic heterocycles. The third kappa shape index (κ3) is 5.31. The molecule has 1 unspecified atom stereocenters. The Morgan fingerprint density at radius 2 is 2.09 bits per heavy atom. The normalized spacial score (nSPS) is 19.1. The average Bonchev–Trinajstić information content (AvgIpc) is 3.27. The fourth-order valence-corrected chi connectivity index (χ4v) is 3.74. The van der Waals surface area contributed by atoms with Gasteiger partial charge in [0.05, 0.1) is 24.9 Å². The first-order chi connectivity index (χ1) is 15.3. The van der Waals surface area contributed by atoms with Gasteiger partial charge >= 0.3 is 0 Å². The highest BCUT2D eigenvalue weighted by molar-refractivity contribution is 6.09. The van der Waals surface area contributed by atoms with Crippen molar-refractivity contribution in [2.24, 2.45) is 0 Å². The lowest BCUT2D eigenvalue weighted by atomic mass is 10.0. The van der Waals surface area contributed by atoms with E-state index in [1.165, 1.54) is 13.1 Å². The summed E-state index contributed by atoms with van der Waals surface area (Å²) >= 11 is 0. The largest absolute Gasteiger partial charge is 0.393 e. The number of carbonyl (C=O) groups excluding carboxylic acids is 1. The Kier molecular flexibility index (Phi) is 7.57. The van der Waals surface area contributed by atoms with Gasteiger partial charge in [0.1, 0.15) is 17.5 Å². The molecule has 1 aromatic carbocycles. The van der Waals surface area contributed by atoms with Crippen LogP contribution in [0.25, 0.3) is 5.57 Å². The number of anilines is 1. The third-order valence-electron chi connectivity index (χ3n) is 5.48. The zero-order valence-corrected chi connectivity index (χ0v) is 18.1. The molecule has 0 saturated carbocycles. The number of hydrogen-bond donors (Lipinski definition) is 5. The zero-order valence-electron chi connectivity index (χ0n) is 18.1. The molecule has 1 atom stereocenters. The highest BCUT2D eigenvalue weighted by Gasteiger charge is 2.27. The summed E-state index contributed by atoms with van der Waals surface area (Å²) in [6.45, 7) is 3.40. The van der Waals surface area contributed by atoms with Crippen LogP contribution in [-0.4, -0.2) is 62.3 Å². The topological polar surface area (TPSA) is 113 Å². The molecule has 5 N–H and O–H groups in total. The minimum Gasteiger partial charge on any atom is -0.393 e. The molecule has 0 aliphatic carbocycles. The molecule has 1 fully saturated rings. The minimum absolute atomic E-state index is 0.0628. The summed E-state index contributed by atoms with van der Waals surface area (Å²) in [7, 11) is 1.60. The Bertz CT molecular complexity index is 969. The summed E-state index contributed by atoms with van der Waals surface area (Å²) in [6.07, 6.45) is 3.69. The van der Waals surface area contributed by atoms with Gasteiger partial charge in [0, 0.05) is 74.4 Å². The first-order valence-corrected chi connectivity index (χ1v) is 10.4. The van der Waals surface area contributed by atoms with Gasteiger partial charge < -0.3 is 31.0 Å². The molecule has 0 spiro atoms. The number of nitrogens with zero attached hydrogens (tertiary/aromatic N) is 1. The maximum atomic E-state index is 14.8. The second-order valence-electron chi connectivity index (χ2n) is 7.70. The van der Waals surface area contributed by atoms with E-state index in [0.717, 1.165) is 30.5 Å². The number of allylic oxidation sites excluding steroid dienone is 1. The van der Waals surface area contributed by atoms with E-state index in [4.69, 9.17) is 15.6 Å². The van der Waals surface area contributed by atoms with Crippen molar-refractivity contribution in [2.75, 3.05) is 38.7 Å². The highest BCUT2D eigenvalue weighted by Crippen LogP contribution is 2.26. The van der Waals surface area contributed by atoms with Gasteiger partial charge in [0.15, 0.2) is 0 Å². The third-order valence-corrected chi connectivity index (χ3v) is 5.48. The molecule has 3 rings (SSSR count). The Labute approximate surface area is 185 Å². The number of halogens is 2. The SMILES string of the molecule is CN/C=C(\C=N)c1cc(F)c(NC(=N)C2=C(NC3CCOC3)CCN(C(C)=O)C2)cc1F. The van der Waals surface area contributed by atoms with Crippen molar-refractivity contribution in [3.63, 3.8) is 0 Å². The second kappa shape index (κ2) is 10.4. The molecule has 2 aliphatic rings. The van der Waals surface area contributed by atoms with Gasteiger partial charge in [-0.25, -0.2) is 8.78 Å². The molecule has 0 radical (unpaired) electrons. The predicted molar refractivity (Wildman–Crippen MR) is 120 cm³/mol. The number of nitrogens with one attached hydrogen (secondary N) is 5. The van der Waals surface area contributed by atoms with Gasteiger partial charge in [-0.1, -0.05) is 0 Å². The van der Waals surface area contributed by atoms with Crippen LogP contribution in [0.15, 0.2) is 29.6 Å². The van der Waals surface area contributed by atoms with E-state index in [2.05, 4.69) is 16.0 Å². The average molecular weight is 447 g/mol. The molecule has 1 aromatic rings. The van der Waals surface area contributed by atoms with Crippen LogP contribution in [-0.2, 0) is 9.53 Å². The maximum absolute atomic E-state index is 14.8. The summed E-state index contributed by atoms with van der Waals surface area (Å²) in [5.74, 6) is -1.71. The predicted octanol–water partition coefficient (Wildman–Crippen LogP) is 2.45. The molecule has 0 aromatic heterocycles. The van der Waals surface area contributed by atoms with Crippen molar-refractivity contribution in [3.8, 4) is 0 Å².